The van der Waals surface area contributed by atoms with E-state index in [9.17, 15) is 0 Å². The molecule has 5 nitrogen and oxygen atoms in total. The fourth-order valence-electron chi connectivity index (χ4n) is 1.14. The largest absolute Gasteiger partial charge is 0.497 e. The molecule has 94 valence electrons. The molecule has 1 aromatic heterocycles. The van der Waals surface area contributed by atoms with Gasteiger partial charge in [-0.05, 0) is 57.3 Å². The van der Waals surface area contributed by atoms with E-state index in [0.717, 1.165) is 0 Å². The van der Waals surface area contributed by atoms with Crippen molar-refractivity contribution >= 4 is 39.1 Å². The van der Waals surface area contributed by atoms with Crippen molar-refractivity contribution in [3.05, 3.63) is 33.2 Å². The Morgan fingerprint density at radius 1 is 1.11 bits per heavy atom. The van der Waals surface area contributed by atoms with Crippen molar-refractivity contribution in [1.82, 2.24) is 15.0 Å². The van der Waals surface area contributed by atoms with Gasteiger partial charge in [0.2, 0.25) is 10.6 Å². The maximum Gasteiger partial charge on any atom is 0.327 e. The van der Waals surface area contributed by atoms with Crippen molar-refractivity contribution < 1.29 is 9.47 Å². The molecule has 0 aliphatic rings. The van der Waals surface area contributed by atoms with Crippen molar-refractivity contribution in [3.63, 3.8) is 0 Å². The highest BCUT2D eigenvalue weighted by molar-refractivity contribution is 9.10. The first-order chi connectivity index (χ1) is 8.58. The molecule has 0 N–H and O–H groups in total. The van der Waals surface area contributed by atoms with Crippen LogP contribution >= 0.6 is 39.1 Å². The van der Waals surface area contributed by atoms with Crippen LogP contribution in [0.3, 0.4) is 0 Å². The number of benzene rings is 1. The van der Waals surface area contributed by atoms with E-state index >= 15 is 0 Å². The second-order valence-electron chi connectivity index (χ2n) is 3.05. The Labute approximate surface area is 121 Å². The number of nitrogens with zero attached hydrogens (tertiary/aromatic N) is 3. The third-order valence-corrected chi connectivity index (χ3v) is 2.86. The Bertz CT molecular complexity index is 563. The summed E-state index contributed by atoms with van der Waals surface area (Å²) < 4.78 is 11.2. The summed E-state index contributed by atoms with van der Waals surface area (Å²) in [6.07, 6.45) is 0. The van der Waals surface area contributed by atoms with Gasteiger partial charge in [0.25, 0.3) is 0 Å². The van der Waals surface area contributed by atoms with Crippen LogP contribution < -0.4 is 9.47 Å². The Hall–Kier alpha value is -1.11. The summed E-state index contributed by atoms with van der Waals surface area (Å²) in [5, 5.41) is -0.0655. The number of rotatable bonds is 3. The van der Waals surface area contributed by atoms with Crippen LogP contribution in [-0.4, -0.2) is 22.1 Å². The van der Waals surface area contributed by atoms with Gasteiger partial charge in [-0.2, -0.15) is 15.0 Å². The summed E-state index contributed by atoms with van der Waals surface area (Å²) in [5.74, 6) is 1.20. The summed E-state index contributed by atoms with van der Waals surface area (Å²) in [6.45, 7) is 0. The Morgan fingerprint density at radius 3 is 2.33 bits per heavy atom. The van der Waals surface area contributed by atoms with E-state index in [0.29, 0.717) is 16.0 Å². The summed E-state index contributed by atoms with van der Waals surface area (Å²) in [5.41, 5.74) is 0. The summed E-state index contributed by atoms with van der Waals surface area (Å²) in [7, 11) is 1.58. The quantitative estimate of drug-likeness (QED) is 0.843. The molecule has 0 spiro atoms. The maximum absolute atomic E-state index is 5.65. The monoisotopic (exact) mass is 349 g/mol. The summed E-state index contributed by atoms with van der Waals surface area (Å²) in [4.78, 5) is 11.2. The van der Waals surface area contributed by atoms with Crippen LogP contribution in [0.25, 0.3) is 0 Å². The first-order valence-corrected chi connectivity index (χ1v) is 6.22. The molecule has 1 heterocycles. The molecule has 0 amide bonds. The standard InChI is InChI=1S/C10H6BrCl2N3O2/c1-17-5-2-3-7(6(11)4-5)18-10-15-8(12)14-9(13)16-10/h2-4H,1H3. The zero-order valence-corrected chi connectivity index (χ0v) is 12.1. The Morgan fingerprint density at radius 2 is 1.78 bits per heavy atom. The van der Waals surface area contributed by atoms with E-state index in [1.54, 1.807) is 25.3 Å². The molecule has 0 fully saturated rings. The summed E-state index contributed by atoms with van der Waals surface area (Å²) in [6, 6.07) is 5.21. The second-order valence-corrected chi connectivity index (χ2v) is 4.58. The van der Waals surface area contributed by atoms with Gasteiger partial charge < -0.3 is 9.47 Å². The average molecular weight is 351 g/mol. The van der Waals surface area contributed by atoms with E-state index in [2.05, 4.69) is 30.9 Å². The topological polar surface area (TPSA) is 57.1 Å². The SMILES string of the molecule is COc1ccc(Oc2nc(Cl)nc(Cl)n2)c(Br)c1. The van der Waals surface area contributed by atoms with Crippen molar-refractivity contribution in [2.24, 2.45) is 0 Å². The molecule has 0 saturated heterocycles. The molecule has 2 rings (SSSR count). The minimum absolute atomic E-state index is 0.0193. The summed E-state index contributed by atoms with van der Waals surface area (Å²) >= 11 is 14.6. The molecule has 8 heteroatoms. The number of halogens is 3. The highest BCUT2D eigenvalue weighted by Gasteiger charge is 2.09. The van der Waals surface area contributed by atoms with Gasteiger partial charge in [-0.25, -0.2) is 0 Å². The van der Waals surface area contributed by atoms with Crippen molar-refractivity contribution in [2.45, 2.75) is 0 Å². The van der Waals surface area contributed by atoms with Crippen LogP contribution in [0.1, 0.15) is 0 Å². The van der Waals surface area contributed by atoms with E-state index in [-0.39, 0.29) is 16.6 Å². The molecule has 0 atom stereocenters. The fourth-order valence-corrected chi connectivity index (χ4v) is 1.93. The number of ether oxygens (including phenoxy) is 2. The number of hydrogen-bond donors (Lipinski definition) is 0. The lowest BCUT2D eigenvalue weighted by atomic mass is 10.3. The number of methoxy groups -OCH3 is 1. The molecule has 0 saturated carbocycles. The average Bonchev–Trinajstić information content (AvgIpc) is 2.30. The third-order valence-electron chi connectivity index (χ3n) is 1.90. The van der Waals surface area contributed by atoms with E-state index in [4.69, 9.17) is 32.7 Å². The second kappa shape index (κ2) is 5.69. The first-order valence-electron chi connectivity index (χ1n) is 4.67. The van der Waals surface area contributed by atoms with Gasteiger partial charge in [-0.3, -0.25) is 0 Å². The van der Waals surface area contributed by atoms with Gasteiger partial charge in [0, 0.05) is 0 Å². The highest BCUT2D eigenvalue weighted by Crippen LogP contribution is 2.31. The van der Waals surface area contributed by atoms with Crippen molar-refractivity contribution in [2.75, 3.05) is 7.11 Å². The molecule has 2 aromatic rings. The van der Waals surface area contributed by atoms with Gasteiger partial charge >= 0.3 is 6.01 Å². The minimum atomic E-state index is -0.0327. The molecule has 18 heavy (non-hydrogen) atoms. The molecular weight excluding hydrogens is 345 g/mol. The zero-order chi connectivity index (χ0) is 13.1. The number of hydrogen-bond acceptors (Lipinski definition) is 5. The van der Waals surface area contributed by atoms with E-state index < -0.39 is 0 Å². The molecule has 0 unspecified atom stereocenters. The molecule has 1 aromatic carbocycles. The minimum Gasteiger partial charge on any atom is -0.497 e. The fraction of sp³-hybridized carbons (Fsp3) is 0.100. The van der Waals surface area contributed by atoms with Crippen molar-refractivity contribution in [1.29, 1.82) is 0 Å². The van der Waals surface area contributed by atoms with Gasteiger partial charge in [-0.15, -0.1) is 0 Å². The van der Waals surface area contributed by atoms with Gasteiger partial charge in [0.15, 0.2) is 0 Å². The lowest BCUT2D eigenvalue weighted by Gasteiger charge is -2.07. The van der Waals surface area contributed by atoms with E-state index in [1.807, 2.05) is 0 Å². The Kier molecular flexibility index (Phi) is 4.21. The van der Waals surface area contributed by atoms with Crippen LogP contribution in [0.15, 0.2) is 22.7 Å². The molecule has 0 aliphatic carbocycles. The number of aromatic nitrogens is 3. The van der Waals surface area contributed by atoms with Gasteiger partial charge in [0.05, 0.1) is 11.6 Å². The van der Waals surface area contributed by atoms with E-state index in [1.165, 1.54) is 0 Å². The molecule has 0 bridgehead atoms. The lowest BCUT2D eigenvalue weighted by Crippen LogP contribution is -1.96. The zero-order valence-electron chi connectivity index (χ0n) is 9.02. The van der Waals surface area contributed by atoms with Crippen LogP contribution in [0.2, 0.25) is 10.6 Å². The van der Waals surface area contributed by atoms with Gasteiger partial charge in [-0.1, -0.05) is 0 Å². The highest BCUT2D eigenvalue weighted by atomic mass is 79.9. The predicted molar refractivity (Wildman–Crippen MR) is 70.6 cm³/mol. The van der Waals surface area contributed by atoms with Crippen LogP contribution in [-0.2, 0) is 0 Å². The smallest absolute Gasteiger partial charge is 0.327 e. The third kappa shape index (κ3) is 3.22. The molecule has 0 radical (unpaired) electrons. The van der Waals surface area contributed by atoms with Gasteiger partial charge in [0.1, 0.15) is 11.5 Å². The molecule has 0 aliphatic heterocycles. The van der Waals surface area contributed by atoms with Crippen LogP contribution in [0.5, 0.6) is 17.5 Å². The maximum atomic E-state index is 5.65. The van der Waals surface area contributed by atoms with Crippen LogP contribution in [0, 0.1) is 0 Å². The van der Waals surface area contributed by atoms with Crippen LogP contribution in [0.4, 0.5) is 0 Å². The predicted octanol–water partition coefficient (Wildman–Crippen LogP) is 3.74. The van der Waals surface area contributed by atoms with Crippen molar-refractivity contribution in [3.8, 4) is 17.5 Å². The molecular formula is C10H6BrCl2N3O2. The first kappa shape index (κ1) is 13.3. The Balaban J connectivity index is 2.28. The normalized spacial score (nSPS) is 10.2. The lowest BCUT2D eigenvalue weighted by molar-refractivity contribution is 0.409.